The van der Waals surface area contributed by atoms with Crippen LogP contribution in [0.25, 0.3) is 0 Å². The van der Waals surface area contributed by atoms with E-state index in [-0.39, 0.29) is 16.6 Å². The van der Waals surface area contributed by atoms with Crippen molar-refractivity contribution in [1.82, 2.24) is 0 Å². The van der Waals surface area contributed by atoms with Crippen molar-refractivity contribution in [2.24, 2.45) is 0 Å². The Kier molecular flexibility index (Phi) is 6.88. The topological polar surface area (TPSA) is 0 Å². The summed E-state index contributed by atoms with van der Waals surface area (Å²) in [5, 5.41) is -1.01. The van der Waals surface area contributed by atoms with Crippen LogP contribution in [-0.4, -0.2) is 29.7 Å². The molecule has 0 bridgehead atoms. The van der Waals surface area contributed by atoms with Crippen molar-refractivity contribution in [3.05, 3.63) is 0 Å². The summed E-state index contributed by atoms with van der Waals surface area (Å²) in [6, 6.07) is 0.0438. The highest BCUT2D eigenvalue weighted by Crippen LogP contribution is 2.76. The van der Waals surface area contributed by atoms with Gasteiger partial charge in [-0.05, 0) is 20.8 Å². The average Bonchev–Trinajstić information content (AvgIpc) is 2.27. The second-order valence-electron chi connectivity index (χ2n) is 8.08. The predicted octanol–water partition coefficient (Wildman–Crippen LogP) is 6.65. The van der Waals surface area contributed by atoms with Crippen LogP contribution in [0.15, 0.2) is 0 Å². The van der Waals surface area contributed by atoms with Crippen molar-refractivity contribution in [3.63, 3.8) is 0 Å². The maximum absolute atomic E-state index is 7.45. The van der Waals surface area contributed by atoms with Gasteiger partial charge in [-0.1, -0.05) is 46.9 Å². The van der Waals surface area contributed by atoms with Crippen molar-refractivity contribution in [3.8, 4) is 0 Å². The summed E-state index contributed by atoms with van der Waals surface area (Å²) in [6.07, 6.45) is 3.63. The van der Waals surface area contributed by atoms with Gasteiger partial charge in [-0.15, -0.1) is 12.5 Å². The maximum Gasteiger partial charge on any atom is 0.238 e. The Bertz CT molecular complexity index is 285. The molecule has 19 heavy (non-hydrogen) atoms. The quantitative estimate of drug-likeness (QED) is 0.392. The van der Waals surface area contributed by atoms with Gasteiger partial charge in [-0.25, -0.2) is 11.5 Å². The molecular weight excluding hydrogens is 292 g/mol. The van der Waals surface area contributed by atoms with Crippen molar-refractivity contribution < 1.29 is 0 Å². The van der Waals surface area contributed by atoms with Crippen LogP contribution in [0.1, 0.15) is 62.3 Å². The normalized spacial score (nSPS) is 17.2. The number of hydrogen-bond donors (Lipinski definition) is 0. The van der Waals surface area contributed by atoms with Gasteiger partial charge in [0.2, 0.25) is 5.17 Å². The fourth-order valence-corrected chi connectivity index (χ4v) is 12.0. The van der Waals surface area contributed by atoms with E-state index in [4.69, 9.17) is 22.9 Å². The number of rotatable bonds is 5. The van der Waals surface area contributed by atoms with Crippen molar-refractivity contribution >= 4 is 41.3 Å². The van der Waals surface area contributed by atoms with E-state index < -0.39 is 12.3 Å². The fourth-order valence-electron chi connectivity index (χ4n) is 3.67. The summed E-state index contributed by atoms with van der Waals surface area (Å²) in [5.41, 5.74) is 0. The predicted molar refractivity (Wildman–Crippen MR) is 101 cm³/mol. The zero-order valence-electron chi connectivity index (χ0n) is 14.5. The monoisotopic (exact) mass is 324 g/mol. The first kappa shape index (κ1) is 20.1. The van der Waals surface area contributed by atoms with Gasteiger partial charge in [0.25, 0.3) is 0 Å². The lowest BCUT2D eigenvalue weighted by Gasteiger charge is -2.58. The summed E-state index contributed by atoms with van der Waals surface area (Å²) < 4.78 is 0. The van der Waals surface area contributed by atoms with Crippen LogP contribution in [0, 0.1) is 0 Å². The Morgan fingerprint density at radius 2 is 1.21 bits per heavy atom. The molecule has 0 saturated carbocycles. The van der Waals surface area contributed by atoms with E-state index in [1.165, 1.54) is 18.5 Å². The molecule has 0 N–H and O–H groups in total. The van der Waals surface area contributed by atoms with E-state index in [1.54, 1.807) is 0 Å². The molecule has 0 heterocycles. The minimum atomic E-state index is -1.24. The summed E-state index contributed by atoms with van der Waals surface area (Å²) >= 11 is 14.4. The van der Waals surface area contributed by atoms with E-state index in [2.05, 4.69) is 62.3 Å². The molecule has 0 aliphatic carbocycles. The molecule has 0 aliphatic heterocycles. The summed E-state index contributed by atoms with van der Waals surface area (Å²) in [4.78, 5) is 0. The van der Waals surface area contributed by atoms with Gasteiger partial charge in [-0.3, -0.25) is 0 Å². The molecule has 0 aromatic heterocycles. The van der Waals surface area contributed by atoms with Crippen LogP contribution in [0.4, 0.5) is 0 Å². The second kappa shape index (κ2) is 6.49. The molecule has 0 radical (unpaired) electrons. The lowest BCUT2D eigenvalue weighted by Crippen LogP contribution is -2.57. The molecule has 0 fully saturated rings. The highest BCUT2D eigenvalue weighted by molar-refractivity contribution is 8.24. The Balaban J connectivity index is 6.08. The number of hydrogen-bond acceptors (Lipinski definition) is 0. The third-order valence-corrected chi connectivity index (χ3v) is 15.0. The molecule has 1 atom stereocenters. The van der Waals surface area contributed by atoms with Gasteiger partial charge in [-0.2, -0.15) is 0 Å². The summed E-state index contributed by atoms with van der Waals surface area (Å²) in [7, 11) is -1.24. The van der Waals surface area contributed by atoms with Crippen LogP contribution >= 0.6 is 30.1 Å². The highest BCUT2D eigenvalue weighted by atomic mass is 35.5. The molecule has 0 unspecified atom stereocenters. The first-order valence-corrected chi connectivity index (χ1v) is 11.0. The molecule has 0 aliphatic rings. The molecule has 5 heteroatoms. The van der Waals surface area contributed by atoms with Crippen molar-refractivity contribution in [1.29, 1.82) is 0 Å². The molecule has 0 aromatic carbocycles. The third-order valence-electron chi connectivity index (χ3n) is 5.12. The second-order valence-corrected chi connectivity index (χ2v) is 14.7. The molecule has 0 saturated heterocycles. The fraction of sp³-hybridized carbons (Fsp3) is 1.00. The Morgan fingerprint density at radius 1 is 0.895 bits per heavy atom. The van der Waals surface area contributed by atoms with Crippen molar-refractivity contribution in [2.75, 3.05) is 18.5 Å². The van der Waals surface area contributed by atoms with E-state index in [1.807, 2.05) is 0 Å². The van der Waals surface area contributed by atoms with Crippen LogP contribution < -0.4 is 0 Å². The van der Waals surface area contributed by atoms with Crippen LogP contribution in [-0.2, 0) is 0 Å². The van der Waals surface area contributed by atoms with Gasteiger partial charge in [0.1, 0.15) is 0 Å². The lowest BCUT2D eigenvalue weighted by molar-refractivity contribution is 0.731. The first-order valence-electron chi connectivity index (χ1n) is 7.68. The summed E-state index contributed by atoms with van der Waals surface area (Å²) in [6.45, 7) is 20.5. The molecule has 0 amide bonds. The molecular formula is C14H33B2Cl2P. The largest absolute Gasteiger partial charge is 0.342 e. The zero-order valence-corrected chi connectivity index (χ0v) is 16.9. The Hall–Kier alpha value is 1.14. The van der Waals surface area contributed by atoms with Crippen molar-refractivity contribution in [2.45, 2.75) is 72.9 Å². The van der Waals surface area contributed by atoms with E-state index in [0.29, 0.717) is 0 Å². The number of halogens is 2. The van der Waals surface area contributed by atoms with E-state index in [0.717, 1.165) is 0 Å². The Morgan fingerprint density at radius 3 is 1.37 bits per heavy atom. The molecule has 0 nitrogen and oxygen atoms in total. The van der Waals surface area contributed by atoms with Crippen LogP contribution in [0.3, 0.4) is 0 Å². The minimum absolute atomic E-state index is 0.0430. The SMILES string of the molecule is CC[P+](CC)(CC)[B@-](Cl)(B(Cl)C(C)(C)C)C(C)(C)C. The third kappa shape index (κ3) is 3.49. The van der Waals surface area contributed by atoms with Gasteiger partial charge in [0.15, 0.2) is 6.02 Å². The van der Waals surface area contributed by atoms with Gasteiger partial charge in [0.05, 0.1) is 0 Å². The molecule has 0 rings (SSSR count). The molecule has 0 aromatic rings. The average molecular weight is 325 g/mol. The van der Waals surface area contributed by atoms with E-state index >= 15 is 0 Å². The van der Waals surface area contributed by atoms with Gasteiger partial charge in [0, 0.05) is 18.5 Å². The first-order chi connectivity index (χ1) is 8.34. The molecule has 114 valence electrons. The van der Waals surface area contributed by atoms with Gasteiger partial charge < -0.3 is 11.5 Å². The molecule has 0 spiro atoms. The van der Waals surface area contributed by atoms with Crippen LogP contribution in [0.2, 0.25) is 10.6 Å². The highest BCUT2D eigenvalue weighted by Gasteiger charge is 2.62. The minimum Gasteiger partial charge on any atom is -0.342 e. The summed E-state index contributed by atoms with van der Waals surface area (Å²) in [5.74, 6) is 0. The lowest BCUT2D eigenvalue weighted by atomic mass is 9.18. The Labute approximate surface area is 132 Å². The smallest absolute Gasteiger partial charge is 0.238 e. The van der Waals surface area contributed by atoms with Gasteiger partial charge >= 0.3 is 0 Å². The standard InChI is InChI=1S/C14H33B2Cl2P/c1-10-19(11-2,12-3)16(18,14(7,8)9)15(17)13(4,5)6/h10-12H2,1-9H3/t16-/m0/s1. The zero-order chi connectivity index (χ0) is 15.7. The van der Waals surface area contributed by atoms with Crippen LogP contribution in [0.5, 0.6) is 0 Å². The van der Waals surface area contributed by atoms with E-state index in [9.17, 15) is 0 Å². The maximum atomic E-state index is 7.45.